The molecule has 0 bridgehead atoms. The van der Waals surface area contributed by atoms with Gasteiger partial charge in [0.25, 0.3) is 0 Å². The van der Waals surface area contributed by atoms with Crippen LogP contribution in [-0.4, -0.2) is 31.2 Å². The predicted octanol–water partition coefficient (Wildman–Crippen LogP) is 1.89. The molecule has 0 atom stereocenters. The normalized spacial score (nSPS) is 17.8. The summed E-state index contributed by atoms with van der Waals surface area (Å²) < 4.78 is 0. The Morgan fingerprint density at radius 1 is 1.31 bits per heavy atom. The van der Waals surface area contributed by atoms with Gasteiger partial charge in [-0.25, -0.2) is 0 Å². The van der Waals surface area contributed by atoms with E-state index in [1.165, 1.54) is 24.1 Å². The molecule has 0 aliphatic carbocycles. The molecule has 1 saturated heterocycles. The van der Waals surface area contributed by atoms with E-state index in [-0.39, 0.29) is 0 Å². The van der Waals surface area contributed by atoms with Crippen LogP contribution in [0.15, 0.2) is 12.3 Å². The molecule has 1 aromatic heterocycles. The summed E-state index contributed by atoms with van der Waals surface area (Å²) in [6.45, 7) is 6.46. The average Bonchev–Trinajstić information content (AvgIpc) is 2.33. The lowest BCUT2D eigenvalue weighted by Gasteiger charge is -2.33. The van der Waals surface area contributed by atoms with Crippen molar-refractivity contribution < 1.29 is 0 Å². The summed E-state index contributed by atoms with van der Waals surface area (Å²) in [7, 11) is 2.05. The van der Waals surface area contributed by atoms with E-state index in [9.17, 15) is 0 Å². The third kappa shape index (κ3) is 2.35. The van der Waals surface area contributed by atoms with Gasteiger partial charge in [0.15, 0.2) is 0 Å². The Labute approximate surface area is 97.9 Å². The van der Waals surface area contributed by atoms with Crippen LogP contribution in [-0.2, 0) is 0 Å². The number of pyridine rings is 1. The van der Waals surface area contributed by atoms with Crippen LogP contribution in [0.4, 0.5) is 5.69 Å². The Kier molecular flexibility index (Phi) is 3.44. The maximum absolute atomic E-state index is 4.44. The standard InChI is InChI=1S/C13H21N3/c1-10-8-13(9-15-11(10)2)16-6-4-12(14-3)5-7-16/h8-9,12,14H,4-7H2,1-3H3. The van der Waals surface area contributed by atoms with Gasteiger partial charge in [0, 0.05) is 24.8 Å². The second-order valence-electron chi connectivity index (χ2n) is 4.65. The molecule has 1 aliphatic heterocycles. The van der Waals surface area contributed by atoms with Crippen LogP contribution < -0.4 is 10.2 Å². The van der Waals surface area contributed by atoms with Crippen molar-refractivity contribution in [2.24, 2.45) is 0 Å². The molecule has 3 nitrogen and oxygen atoms in total. The van der Waals surface area contributed by atoms with Gasteiger partial charge in [-0.2, -0.15) is 0 Å². The van der Waals surface area contributed by atoms with Crippen molar-refractivity contribution in [1.82, 2.24) is 10.3 Å². The molecular formula is C13H21N3. The van der Waals surface area contributed by atoms with Crippen LogP contribution in [0, 0.1) is 13.8 Å². The fraction of sp³-hybridized carbons (Fsp3) is 0.615. The lowest BCUT2D eigenvalue weighted by Crippen LogP contribution is -2.41. The zero-order chi connectivity index (χ0) is 11.5. The Bertz CT molecular complexity index is 354. The first-order valence-corrected chi connectivity index (χ1v) is 6.06. The summed E-state index contributed by atoms with van der Waals surface area (Å²) in [6.07, 6.45) is 4.45. The van der Waals surface area contributed by atoms with Crippen molar-refractivity contribution in [3.63, 3.8) is 0 Å². The van der Waals surface area contributed by atoms with Gasteiger partial charge < -0.3 is 10.2 Å². The fourth-order valence-electron chi connectivity index (χ4n) is 2.23. The Balaban J connectivity index is 2.05. The van der Waals surface area contributed by atoms with E-state index in [0.29, 0.717) is 6.04 Å². The smallest absolute Gasteiger partial charge is 0.0555 e. The Morgan fingerprint density at radius 2 is 2.00 bits per heavy atom. The van der Waals surface area contributed by atoms with Crippen molar-refractivity contribution in [2.45, 2.75) is 32.7 Å². The van der Waals surface area contributed by atoms with Crippen molar-refractivity contribution in [3.8, 4) is 0 Å². The predicted molar refractivity (Wildman–Crippen MR) is 68.0 cm³/mol. The number of piperidine rings is 1. The van der Waals surface area contributed by atoms with Crippen LogP contribution in [0.5, 0.6) is 0 Å². The van der Waals surface area contributed by atoms with Gasteiger partial charge >= 0.3 is 0 Å². The molecule has 0 spiro atoms. The summed E-state index contributed by atoms with van der Waals surface area (Å²) >= 11 is 0. The molecule has 1 fully saturated rings. The third-order valence-electron chi connectivity index (χ3n) is 3.59. The maximum atomic E-state index is 4.44. The van der Waals surface area contributed by atoms with E-state index >= 15 is 0 Å². The van der Waals surface area contributed by atoms with Gasteiger partial charge in [0.2, 0.25) is 0 Å². The van der Waals surface area contributed by atoms with Crippen molar-refractivity contribution in [3.05, 3.63) is 23.5 Å². The summed E-state index contributed by atoms with van der Waals surface area (Å²) in [6, 6.07) is 2.94. The van der Waals surface area contributed by atoms with Gasteiger partial charge in [-0.15, -0.1) is 0 Å². The van der Waals surface area contributed by atoms with Crippen LogP contribution in [0.1, 0.15) is 24.1 Å². The molecule has 2 rings (SSSR count). The quantitative estimate of drug-likeness (QED) is 0.823. The van der Waals surface area contributed by atoms with E-state index in [1.54, 1.807) is 0 Å². The van der Waals surface area contributed by atoms with Gasteiger partial charge in [-0.3, -0.25) is 4.98 Å². The zero-order valence-corrected chi connectivity index (χ0v) is 10.5. The van der Waals surface area contributed by atoms with Crippen LogP contribution in [0.3, 0.4) is 0 Å². The second-order valence-corrected chi connectivity index (χ2v) is 4.65. The largest absolute Gasteiger partial charge is 0.370 e. The third-order valence-corrected chi connectivity index (χ3v) is 3.59. The zero-order valence-electron chi connectivity index (χ0n) is 10.5. The minimum Gasteiger partial charge on any atom is -0.370 e. The van der Waals surface area contributed by atoms with Gasteiger partial charge in [-0.1, -0.05) is 0 Å². The first-order valence-electron chi connectivity index (χ1n) is 6.06. The average molecular weight is 219 g/mol. The summed E-state index contributed by atoms with van der Waals surface area (Å²) in [4.78, 5) is 6.87. The van der Waals surface area contributed by atoms with Crippen LogP contribution >= 0.6 is 0 Å². The highest BCUT2D eigenvalue weighted by molar-refractivity contribution is 5.47. The first kappa shape index (κ1) is 11.4. The number of nitrogens with zero attached hydrogens (tertiary/aromatic N) is 2. The van der Waals surface area contributed by atoms with E-state index in [4.69, 9.17) is 0 Å². The first-order chi connectivity index (χ1) is 7.70. The molecule has 0 radical (unpaired) electrons. The molecule has 3 heteroatoms. The SMILES string of the molecule is CNC1CCN(c2cnc(C)c(C)c2)CC1. The van der Waals surface area contributed by atoms with Gasteiger partial charge in [0.05, 0.1) is 11.9 Å². The second kappa shape index (κ2) is 4.83. The monoisotopic (exact) mass is 219 g/mol. The minimum absolute atomic E-state index is 0.691. The molecule has 0 unspecified atom stereocenters. The lowest BCUT2D eigenvalue weighted by atomic mass is 10.0. The van der Waals surface area contributed by atoms with E-state index < -0.39 is 0 Å². The summed E-state index contributed by atoms with van der Waals surface area (Å²) in [5.74, 6) is 0. The molecule has 1 N–H and O–H groups in total. The van der Waals surface area contributed by atoms with Crippen LogP contribution in [0.25, 0.3) is 0 Å². The number of rotatable bonds is 2. The number of hydrogen-bond donors (Lipinski definition) is 1. The van der Waals surface area contributed by atoms with Crippen molar-refractivity contribution in [1.29, 1.82) is 0 Å². The van der Waals surface area contributed by atoms with Crippen molar-refractivity contribution >= 4 is 5.69 Å². The molecule has 0 saturated carbocycles. The maximum Gasteiger partial charge on any atom is 0.0555 e. The van der Waals surface area contributed by atoms with Crippen LogP contribution in [0.2, 0.25) is 0 Å². The number of anilines is 1. The Hall–Kier alpha value is -1.09. The molecule has 1 aliphatic rings. The number of aromatic nitrogens is 1. The number of nitrogens with one attached hydrogen (secondary N) is 1. The topological polar surface area (TPSA) is 28.2 Å². The highest BCUT2D eigenvalue weighted by atomic mass is 15.1. The van der Waals surface area contributed by atoms with E-state index in [0.717, 1.165) is 18.8 Å². The van der Waals surface area contributed by atoms with E-state index in [2.05, 4.69) is 42.2 Å². The van der Waals surface area contributed by atoms with E-state index in [1.807, 2.05) is 6.20 Å². The number of aryl methyl sites for hydroxylation is 2. The molecule has 16 heavy (non-hydrogen) atoms. The molecule has 0 amide bonds. The molecule has 1 aromatic rings. The molecular weight excluding hydrogens is 198 g/mol. The molecule has 2 heterocycles. The van der Waals surface area contributed by atoms with Gasteiger partial charge in [0.1, 0.15) is 0 Å². The molecule has 0 aromatic carbocycles. The Morgan fingerprint density at radius 3 is 2.56 bits per heavy atom. The summed E-state index contributed by atoms with van der Waals surface area (Å²) in [5, 5.41) is 3.35. The highest BCUT2D eigenvalue weighted by Gasteiger charge is 2.18. The highest BCUT2D eigenvalue weighted by Crippen LogP contribution is 2.20. The van der Waals surface area contributed by atoms with Gasteiger partial charge in [-0.05, 0) is 45.4 Å². The fourth-order valence-corrected chi connectivity index (χ4v) is 2.23. The van der Waals surface area contributed by atoms with Crippen molar-refractivity contribution in [2.75, 3.05) is 25.0 Å². The minimum atomic E-state index is 0.691. The lowest BCUT2D eigenvalue weighted by molar-refractivity contribution is 0.442. The molecule has 88 valence electrons. The summed E-state index contributed by atoms with van der Waals surface area (Å²) in [5.41, 5.74) is 3.69. The number of hydrogen-bond acceptors (Lipinski definition) is 3.